The van der Waals surface area contributed by atoms with Crippen molar-refractivity contribution in [3.8, 4) is 28.1 Å². The van der Waals surface area contributed by atoms with Crippen LogP contribution >= 0.6 is 0 Å². The zero-order valence-corrected chi connectivity index (χ0v) is 33.5. The van der Waals surface area contributed by atoms with Gasteiger partial charge in [-0.25, -0.2) is 19.6 Å². The number of H-pyrrole nitrogens is 2. The van der Waals surface area contributed by atoms with Gasteiger partial charge in [0.1, 0.15) is 41.6 Å². The number of carboxylic acid groups (broad SMARTS) is 1. The zero-order valence-electron chi connectivity index (χ0n) is 33.5. The molecule has 4 atom stereocenters. The molecule has 0 aliphatic carbocycles. The standard InChI is InChI=1S/C45H46N8O7/c1-24(2)35(51-43(56)57)41(55)53-20-7-11-34(53)40-46-22-33(48-40)26-12-13-28-27(21-26)23-60-38-30(28)15-14-29-31(38)16-17-32-37(29)50-42(49-32)45(18-8-19-47-45)39(54)36(52-44(58)59-3)25-9-5-4-6-10-25/h4-6,9-10,12-17,21-22,24,34-36,47,51H,7-8,11,18-20,23H2,1-3H3,(H,46,48)(H,49,50)(H,52,58)(H,56,57)/t34-,35+,36-,45-/m1/s1. The molecule has 0 saturated carbocycles. The van der Waals surface area contributed by atoms with Crippen LogP contribution in [0.3, 0.4) is 0 Å². The highest BCUT2D eigenvalue weighted by atomic mass is 16.5. The summed E-state index contributed by atoms with van der Waals surface area (Å²) < 4.78 is 11.4. The van der Waals surface area contributed by atoms with E-state index in [0.717, 1.165) is 69.2 Å². The molecule has 2 saturated heterocycles. The van der Waals surface area contributed by atoms with E-state index in [1.165, 1.54) is 7.11 Å². The van der Waals surface area contributed by atoms with Crippen LogP contribution in [0.4, 0.5) is 9.59 Å². The smallest absolute Gasteiger partial charge is 0.407 e. The van der Waals surface area contributed by atoms with E-state index in [2.05, 4.69) is 43.0 Å². The Kier molecular flexibility index (Phi) is 9.98. The lowest BCUT2D eigenvalue weighted by Crippen LogP contribution is -2.51. The third-order valence-corrected chi connectivity index (χ3v) is 12.2. The Morgan fingerprint density at radius 2 is 1.77 bits per heavy atom. The van der Waals surface area contributed by atoms with Crippen LogP contribution in [0.15, 0.2) is 79.0 Å². The number of rotatable bonds is 10. The van der Waals surface area contributed by atoms with E-state index in [9.17, 15) is 24.3 Å². The summed E-state index contributed by atoms with van der Waals surface area (Å²) in [6.07, 6.45) is 2.62. The molecule has 2 aromatic heterocycles. The first kappa shape index (κ1) is 38.8. The van der Waals surface area contributed by atoms with Crippen molar-refractivity contribution in [2.45, 2.75) is 69.8 Å². The second kappa shape index (κ2) is 15.5. The molecule has 15 heteroatoms. The molecule has 6 N–H and O–H groups in total. The molecule has 60 heavy (non-hydrogen) atoms. The van der Waals surface area contributed by atoms with E-state index in [4.69, 9.17) is 14.5 Å². The number of fused-ring (bicyclic) bond motifs is 7. The van der Waals surface area contributed by atoms with Gasteiger partial charge in [0.15, 0.2) is 5.78 Å². The number of hydrogen-bond donors (Lipinski definition) is 6. The van der Waals surface area contributed by atoms with Gasteiger partial charge in [-0.05, 0) is 84.7 Å². The van der Waals surface area contributed by atoms with Gasteiger partial charge in [0.2, 0.25) is 5.91 Å². The number of carbonyl (C=O) groups is 4. The van der Waals surface area contributed by atoms with Gasteiger partial charge in [0, 0.05) is 22.9 Å². The summed E-state index contributed by atoms with van der Waals surface area (Å²) in [5, 5.41) is 19.7. The summed E-state index contributed by atoms with van der Waals surface area (Å²) in [5.41, 5.74) is 5.70. The third-order valence-electron chi connectivity index (χ3n) is 12.2. The van der Waals surface area contributed by atoms with Gasteiger partial charge in [-0.2, -0.15) is 0 Å². The number of carbonyl (C=O) groups excluding carboxylic acids is 3. The topological polar surface area (TPSA) is 204 Å². The number of nitrogens with zero attached hydrogens (tertiary/aromatic N) is 3. The van der Waals surface area contributed by atoms with Crippen LogP contribution in [0.5, 0.6) is 5.75 Å². The van der Waals surface area contributed by atoms with Gasteiger partial charge >= 0.3 is 12.2 Å². The average molecular weight is 811 g/mol. The fraction of sp³-hybridized carbons (Fsp3) is 0.333. The number of imidazole rings is 2. The lowest BCUT2D eigenvalue weighted by Gasteiger charge is -2.30. The van der Waals surface area contributed by atoms with Crippen LogP contribution in [0.2, 0.25) is 0 Å². The summed E-state index contributed by atoms with van der Waals surface area (Å²) in [7, 11) is 1.27. The Morgan fingerprint density at radius 3 is 2.52 bits per heavy atom. The fourth-order valence-electron chi connectivity index (χ4n) is 9.15. The molecular formula is C45H46N8O7. The van der Waals surface area contributed by atoms with Gasteiger partial charge in [0.05, 0.1) is 36.1 Å². The minimum atomic E-state index is -1.22. The lowest BCUT2D eigenvalue weighted by atomic mass is 9.84. The van der Waals surface area contributed by atoms with Crippen LogP contribution in [0.1, 0.15) is 74.4 Å². The molecule has 0 spiro atoms. The Labute approximate surface area is 345 Å². The SMILES string of the molecule is COC(=O)N[C@@H](C(=O)[C@@]1(c2nc3c(ccc4c5c(ccc43)-c3ccc(-c4cnc([C@H]6CCCN6C(=O)[C@@H](NC(=O)O)C(C)C)[nH]4)cc3CO5)[nH]2)CCCN1)c1ccccc1. The maximum absolute atomic E-state index is 14.6. The number of amides is 3. The van der Waals surface area contributed by atoms with E-state index in [1.54, 1.807) is 11.1 Å². The molecule has 3 aliphatic heterocycles. The quantitative estimate of drug-likeness (QED) is 0.0848. The monoisotopic (exact) mass is 810 g/mol. The highest BCUT2D eigenvalue weighted by Gasteiger charge is 2.49. The number of hydrogen-bond acceptors (Lipinski definition) is 9. The first-order valence-electron chi connectivity index (χ1n) is 20.3. The molecule has 3 amide bonds. The third kappa shape index (κ3) is 6.68. The van der Waals surface area contributed by atoms with E-state index in [1.807, 2.05) is 74.5 Å². The Hall–Kier alpha value is -6.74. The molecule has 2 fully saturated rings. The molecule has 0 bridgehead atoms. The Balaban J connectivity index is 1.00. The van der Waals surface area contributed by atoms with E-state index in [0.29, 0.717) is 48.8 Å². The summed E-state index contributed by atoms with van der Waals surface area (Å²) in [5.74, 6) is 1.22. The highest BCUT2D eigenvalue weighted by molar-refractivity contribution is 6.09. The predicted molar refractivity (Wildman–Crippen MR) is 223 cm³/mol. The van der Waals surface area contributed by atoms with Crippen molar-refractivity contribution >= 4 is 45.7 Å². The Morgan fingerprint density at radius 1 is 0.967 bits per heavy atom. The van der Waals surface area contributed by atoms with E-state index >= 15 is 0 Å². The minimum Gasteiger partial charge on any atom is -0.488 e. The first-order valence-corrected chi connectivity index (χ1v) is 20.3. The van der Waals surface area contributed by atoms with Crippen molar-refractivity contribution in [3.05, 3.63) is 102 Å². The molecule has 15 nitrogen and oxygen atoms in total. The van der Waals surface area contributed by atoms with Crippen molar-refractivity contribution in [1.29, 1.82) is 0 Å². The zero-order chi connectivity index (χ0) is 41.7. The predicted octanol–water partition coefficient (Wildman–Crippen LogP) is 6.87. The molecule has 308 valence electrons. The van der Waals surface area contributed by atoms with Crippen molar-refractivity contribution in [1.82, 2.24) is 40.8 Å². The molecule has 9 rings (SSSR count). The van der Waals surface area contributed by atoms with Gasteiger partial charge in [-0.1, -0.05) is 62.4 Å². The highest BCUT2D eigenvalue weighted by Crippen LogP contribution is 2.45. The van der Waals surface area contributed by atoms with Crippen LogP contribution in [0, 0.1) is 5.92 Å². The summed E-state index contributed by atoms with van der Waals surface area (Å²) in [6, 6.07) is 21.4. The molecule has 0 radical (unpaired) electrons. The summed E-state index contributed by atoms with van der Waals surface area (Å²) in [6.45, 7) is 5.14. The summed E-state index contributed by atoms with van der Waals surface area (Å²) >= 11 is 0. The number of methoxy groups -OCH3 is 1. The molecule has 5 heterocycles. The molecule has 0 unspecified atom stereocenters. The number of benzene rings is 4. The lowest BCUT2D eigenvalue weighted by molar-refractivity contribution is -0.135. The second-order valence-corrected chi connectivity index (χ2v) is 16.1. The largest absolute Gasteiger partial charge is 0.488 e. The number of likely N-dealkylation sites (tertiary alicyclic amines) is 1. The minimum absolute atomic E-state index is 0.205. The fourth-order valence-corrected chi connectivity index (χ4v) is 9.15. The van der Waals surface area contributed by atoms with Gasteiger partial charge in [0.25, 0.3) is 0 Å². The molecule has 3 aliphatic rings. The Bertz CT molecular complexity index is 2650. The second-order valence-electron chi connectivity index (χ2n) is 16.1. The van der Waals surface area contributed by atoms with Crippen molar-refractivity contribution in [2.75, 3.05) is 20.2 Å². The van der Waals surface area contributed by atoms with Gasteiger partial charge in [-0.15, -0.1) is 0 Å². The van der Waals surface area contributed by atoms with Crippen LogP contribution in [-0.4, -0.2) is 80.1 Å². The molecular weight excluding hydrogens is 765 g/mol. The van der Waals surface area contributed by atoms with Crippen LogP contribution < -0.4 is 20.7 Å². The number of Topliss-reactive ketones (excluding diaryl/α,β-unsaturated/α-hetero) is 1. The van der Waals surface area contributed by atoms with Crippen LogP contribution in [-0.2, 0) is 26.5 Å². The number of alkyl carbamates (subject to hydrolysis) is 1. The number of ketones is 1. The number of aromatic amines is 2. The maximum Gasteiger partial charge on any atom is 0.407 e. The van der Waals surface area contributed by atoms with Crippen LogP contribution in [0.25, 0.3) is 44.2 Å². The maximum atomic E-state index is 14.6. The van der Waals surface area contributed by atoms with E-state index < -0.39 is 29.8 Å². The average Bonchev–Trinajstić information content (AvgIpc) is 4.10. The number of nitrogens with one attached hydrogen (secondary N) is 5. The van der Waals surface area contributed by atoms with Gasteiger partial charge < -0.3 is 40.1 Å². The van der Waals surface area contributed by atoms with E-state index in [-0.39, 0.29) is 23.7 Å². The van der Waals surface area contributed by atoms with Crippen molar-refractivity contribution in [3.63, 3.8) is 0 Å². The summed E-state index contributed by atoms with van der Waals surface area (Å²) in [4.78, 5) is 70.4. The van der Waals surface area contributed by atoms with Gasteiger partial charge in [-0.3, -0.25) is 14.9 Å². The number of ether oxygens (including phenoxy) is 2. The van der Waals surface area contributed by atoms with Crippen molar-refractivity contribution in [2.24, 2.45) is 5.92 Å². The number of aromatic nitrogens is 4. The molecule has 4 aromatic carbocycles. The first-order chi connectivity index (χ1) is 29.1. The van der Waals surface area contributed by atoms with Crippen molar-refractivity contribution < 1.29 is 33.8 Å². The molecule has 6 aromatic rings. The normalized spacial score (nSPS) is 19.4.